The highest BCUT2D eigenvalue weighted by atomic mass is 16.8. The Labute approximate surface area is 117 Å². The van der Waals surface area contributed by atoms with E-state index >= 15 is 0 Å². The lowest BCUT2D eigenvalue weighted by molar-refractivity contribution is -0.275. The van der Waals surface area contributed by atoms with Gasteiger partial charge in [0.05, 0.1) is 13.2 Å². The Bertz CT molecular complexity index is 195. The van der Waals surface area contributed by atoms with Crippen LogP contribution in [0.25, 0.3) is 0 Å². The van der Waals surface area contributed by atoms with Crippen LogP contribution in [0.4, 0.5) is 0 Å². The summed E-state index contributed by atoms with van der Waals surface area (Å²) in [5.74, 6) is 0. The van der Waals surface area contributed by atoms with E-state index in [4.69, 9.17) is 19.3 Å². The molecule has 0 rings (SSSR count). The van der Waals surface area contributed by atoms with Gasteiger partial charge in [0.25, 0.3) is 6.48 Å². The number of allylic oxidation sites excluding steroid dienone is 1. The lowest BCUT2D eigenvalue weighted by Crippen LogP contribution is -2.19. The quantitative estimate of drug-likeness (QED) is 0.300. The molecule has 19 heavy (non-hydrogen) atoms. The molecule has 0 aromatic carbocycles. The van der Waals surface area contributed by atoms with Gasteiger partial charge in [-0.2, -0.15) is 0 Å². The molecule has 4 nitrogen and oxygen atoms in total. The predicted octanol–water partition coefficient (Wildman–Crippen LogP) is 3.25. The largest absolute Gasteiger partial charge is 0.392 e. The molecule has 0 radical (unpaired) electrons. The highest BCUT2D eigenvalue weighted by Gasteiger charge is 2.04. The minimum atomic E-state index is -0.511. The van der Waals surface area contributed by atoms with Crippen LogP contribution < -0.4 is 0 Å². The Hall–Kier alpha value is -0.420. The molecule has 0 aliphatic heterocycles. The summed E-state index contributed by atoms with van der Waals surface area (Å²) in [7, 11) is 1.59. The minimum absolute atomic E-state index is 0.157. The molecule has 0 aliphatic rings. The molecule has 0 heterocycles. The average molecular weight is 274 g/mol. The second kappa shape index (κ2) is 15.6. The molecule has 0 saturated heterocycles. The summed E-state index contributed by atoms with van der Waals surface area (Å²) in [6, 6.07) is 0. The summed E-state index contributed by atoms with van der Waals surface area (Å²) in [6.07, 6.45) is 12.2. The zero-order chi connectivity index (χ0) is 14.2. The van der Waals surface area contributed by atoms with Gasteiger partial charge in [0.1, 0.15) is 0 Å². The van der Waals surface area contributed by atoms with Crippen molar-refractivity contribution < 1.29 is 19.3 Å². The monoisotopic (exact) mass is 274 g/mol. The van der Waals surface area contributed by atoms with E-state index in [9.17, 15) is 0 Å². The van der Waals surface area contributed by atoms with Gasteiger partial charge >= 0.3 is 0 Å². The van der Waals surface area contributed by atoms with Crippen LogP contribution in [0.5, 0.6) is 0 Å². The Morgan fingerprint density at radius 2 is 1.63 bits per heavy atom. The summed E-state index contributed by atoms with van der Waals surface area (Å²) in [5.41, 5.74) is 0. The van der Waals surface area contributed by atoms with Gasteiger partial charge in [0, 0.05) is 13.7 Å². The van der Waals surface area contributed by atoms with Gasteiger partial charge in [-0.15, -0.1) is 0 Å². The lowest BCUT2D eigenvalue weighted by Gasteiger charge is -2.15. The van der Waals surface area contributed by atoms with Gasteiger partial charge in [-0.1, -0.05) is 37.8 Å². The van der Waals surface area contributed by atoms with Crippen LogP contribution in [-0.4, -0.2) is 38.5 Å². The summed E-state index contributed by atoms with van der Waals surface area (Å²) >= 11 is 0. The Balaban J connectivity index is 3.16. The van der Waals surface area contributed by atoms with Crippen LogP contribution in [-0.2, 0) is 14.2 Å². The Morgan fingerprint density at radius 3 is 2.26 bits per heavy atom. The number of aliphatic hydroxyl groups excluding tert-OH is 1. The number of unbranched alkanes of at least 4 members (excludes halogenated alkanes) is 6. The van der Waals surface area contributed by atoms with Crippen LogP contribution in [0.15, 0.2) is 12.2 Å². The average Bonchev–Trinajstić information content (AvgIpc) is 2.43. The van der Waals surface area contributed by atoms with Gasteiger partial charge < -0.3 is 19.3 Å². The van der Waals surface area contributed by atoms with Gasteiger partial charge in [-0.05, 0) is 26.2 Å². The number of hydrogen-bond acceptors (Lipinski definition) is 4. The molecule has 0 aliphatic carbocycles. The number of hydrogen-bond donors (Lipinski definition) is 1. The maximum Gasteiger partial charge on any atom is 0.271 e. The number of ether oxygens (including phenoxy) is 3. The second-order valence-electron chi connectivity index (χ2n) is 4.41. The molecule has 1 unspecified atom stereocenters. The third kappa shape index (κ3) is 13.8. The smallest absolute Gasteiger partial charge is 0.271 e. The van der Waals surface area contributed by atoms with Crippen LogP contribution in [0.1, 0.15) is 51.9 Å². The van der Waals surface area contributed by atoms with E-state index in [-0.39, 0.29) is 6.61 Å². The summed E-state index contributed by atoms with van der Waals surface area (Å²) < 4.78 is 15.7. The first-order valence-corrected chi connectivity index (χ1v) is 7.37. The van der Waals surface area contributed by atoms with Crippen LogP contribution >= 0.6 is 0 Å². The first-order chi connectivity index (χ1) is 9.35. The van der Waals surface area contributed by atoms with Crippen LogP contribution in [0.3, 0.4) is 0 Å². The summed E-state index contributed by atoms with van der Waals surface area (Å²) in [6.45, 7) is 2.86. The maximum atomic E-state index is 8.56. The molecule has 0 aromatic rings. The SMILES string of the molecule is CCOC(OC)OCCCCCCCC/C=C/CO. The van der Waals surface area contributed by atoms with Crippen LogP contribution in [0, 0.1) is 0 Å². The summed E-state index contributed by atoms with van der Waals surface area (Å²) in [4.78, 5) is 0. The Morgan fingerprint density at radius 1 is 0.947 bits per heavy atom. The fraction of sp³-hybridized carbons (Fsp3) is 0.867. The van der Waals surface area contributed by atoms with E-state index in [2.05, 4.69) is 0 Å². The van der Waals surface area contributed by atoms with Crippen molar-refractivity contribution in [3.05, 3.63) is 12.2 Å². The fourth-order valence-corrected chi connectivity index (χ4v) is 1.76. The molecule has 1 atom stereocenters. The number of rotatable bonds is 14. The molecular weight excluding hydrogens is 244 g/mol. The molecule has 0 spiro atoms. The molecule has 1 N–H and O–H groups in total. The first-order valence-electron chi connectivity index (χ1n) is 7.37. The number of methoxy groups -OCH3 is 1. The van der Waals surface area contributed by atoms with Gasteiger partial charge in [-0.3, -0.25) is 0 Å². The lowest BCUT2D eigenvalue weighted by atomic mass is 10.1. The van der Waals surface area contributed by atoms with Gasteiger partial charge in [-0.25, -0.2) is 0 Å². The van der Waals surface area contributed by atoms with E-state index in [0.717, 1.165) is 12.8 Å². The normalized spacial score (nSPS) is 13.2. The fourth-order valence-electron chi connectivity index (χ4n) is 1.76. The highest BCUT2D eigenvalue weighted by molar-refractivity contribution is 4.80. The van der Waals surface area contributed by atoms with E-state index < -0.39 is 6.48 Å². The second-order valence-corrected chi connectivity index (χ2v) is 4.41. The van der Waals surface area contributed by atoms with Crippen molar-refractivity contribution in [3.63, 3.8) is 0 Å². The molecule has 0 amide bonds. The van der Waals surface area contributed by atoms with Crippen molar-refractivity contribution in [2.24, 2.45) is 0 Å². The molecule has 0 fully saturated rings. The van der Waals surface area contributed by atoms with Crippen molar-refractivity contribution >= 4 is 0 Å². The van der Waals surface area contributed by atoms with E-state index in [1.54, 1.807) is 7.11 Å². The van der Waals surface area contributed by atoms with Gasteiger partial charge in [0.15, 0.2) is 0 Å². The first kappa shape index (κ1) is 18.6. The molecule has 4 heteroatoms. The topological polar surface area (TPSA) is 47.9 Å². The zero-order valence-electron chi connectivity index (χ0n) is 12.5. The third-order valence-electron chi connectivity index (χ3n) is 2.79. The molecule has 0 saturated carbocycles. The van der Waals surface area contributed by atoms with Crippen molar-refractivity contribution in [1.82, 2.24) is 0 Å². The Kier molecular flexibility index (Phi) is 15.3. The standard InChI is InChI=1S/C15H30O4/c1-3-18-15(17-2)19-14-12-10-8-6-4-5-7-9-11-13-16/h9,11,15-16H,3-8,10,12-14H2,1-2H3/b11-9+. The van der Waals surface area contributed by atoms with E-state index in [1.165, 1.54) is 32.1 Å². The third-order valence-corrected chi connectivity index (χ3v) is 2.79. The molecule has 0 bridgehead atoms. The van der Waals surface area contributed by atoms with Gasteiger partial charge in [0.2, 0.25) is 0 Å². The molecular formula is C15H30O4. The van der Waals surface area contributed by atoms with Crippen molar-refractivity contribution in [1.29, 1.82) is 0 Å². The highest BCUT2D eigenvalue weighted by Crippen LogP contribution is 2.08. The van der Waals surface area contributed by atoms with E-state index in [0.29, 0.717) is 13.2 Å². The summed E-state index contributed by atoms with van der Waals surface area (Å²) in [5, 5.41) is 8.56. The van der Waals surface area contributed by atoms with Crippen molar-refractivity contribution in [2.45, 2.75) is 58.3 Å². The number of aliphatic hydroxyl groups is 1. The maximum absolute atomic E-state index is 8.56. The van der Waals surface area contributed by atoms with Crippen LogP contribution in [0.2, 0.25) is 0 Å². The van der Waals surface area contributed by atoms with Crippen molar-refractivity contribution in [2.75, 3.05) is 26.9 Å². The zero-order valence-corrected chi connectivity index (χ0v) is 12.5. The predicted molar refractivity (Wildman–Crippen MR) is 76.9 cm³/mol. The molecule has 114 valence electrons. The molecule has 0 aromatic heterocycles. The van der Waals surface area contributed by atoms with Crippen molar-refractivity contribution in [3.8, 4) is 0 Å². The van der Waals surface area contributed by atoms with E-state index in [1.807, 2.05) is 19.1 Å². The minimum Gasteiger partial charge on any atom is -0.392 e.